The fourth-order valence-electron chi connectivity index (χ4n) is 2.62. The van der Waals surface area contributed by atoms with Gasteiger partial charge in [0.05, 0.1) is 12.7 Å². The first-order chi connectivity index (χ1) is 9.10. The van der Waals surface area contributed by atoms with Gasteiger partial charge in [0.25, 0.3) is 0 Å². The summed E-state index contributed by atoms with van der Waals surface area (Å²) in [5.41, 5.74) is -0.537. The highest BCUT2D eigenvalue weighted by Crippen LogP contribution is 2.39. The van der Waals surface area contributed by atoms with Gasteiger partial charge >= 0.3 is 8.56 Å². The van der Waals surface area contributed by atoms with Gasteiger partial charge < -0.3 is 18.3 Å². The predicted octanol–water partition coefficient (Wildman–Crippen LogP) is 3.84. The van der Waals surface area contributed by atoms with Crippen LogP contribution >= 0.6 is 0 Å². The van der Waals surface area contributed by atoms with Crippen molar-refractivity contribution in [3.63, 3.8) is 0 Å². The van der Waals surface area contributed by atoms with Crippen LogP contribution in [-0.2, 0) is 18.3 Å². The van der Waals surface area contributed by atoms with E-state index >= 15 is 0 Å². The van der Waals surface area contributed by atoms with Crippen LogP contribution in [0.3, 0.4) is 0 Å². The minimum atomic E-state index is -2.24. The molecule has 1 rings (SSSR count). The molecule has 2 unspecified atom stereocenters. The molecule has 0 aliphatic carbocycles. The van der Waals surface area contributed by atoms with Crippen LogP contribution in [0.1, 0.15) is 55.4 Å². The second-order valence-electron chi connectivity index (χ2n) is 6.58. The summed E-state index contributed by atoms with van der Waals surface area (Å²) in [7, 11) is -2.24. The lowest BCUT2D eigenvalue weighted by molar-refractivity contribution is -0.248. The van der Waals surface area contributed by atoms with Crippen LogP contribution < -0.4 is 0 Å². The van der Waals surface area contributed by atoms with E-state index in [0.29, 0.717) is 6.61 Å². The normalized spacial score (nSPS) is 28.4. The maximum absolute atomic E-state index is 6.54. The molecule has 0 aromatic rings. The summed E-state index contributed by atoms with van der Waals surface area (Å²) in [5, 5.41) is 0. The van der Waals surface area contributed by atoms with Gasteiger partial charge in [0.1, 0.15) is 5.60 Å². The lowest BCUT2D eigenvalue weighted by Gasteiger charge is -2.45. The Hall–Kier alpha value is 0.0569. The average molecular weight is 305 g/mol. The van der Waals surface area contributed by atoms with Gasteiger partial charge in [-0.1, -0.05) is 13.8 Å². The summed E-state index contributed by atoms with van der Waals surface area (Å²) in [5.74, 6) is -0.713. The monoisotopic (exact) mass is 304 g/mol. The molecule has 2 atom stereocenters. The molecule has 0 N–H and O–H groups in total. The molecular weight excluding hydrogens is 272 g/mol. The SMILES string of the molecule is CC[Si](CC)(OC(C)C)OC(C)(C)C1(C)OCC(C)O1. The largest absolute Gasteiger partial charge is 0.392 e. The van der Waals surface area contributed by atoms with Crippen LogP contribution in [0.15, 0.2) is 0 Å². The summed E-state index contributed by atoms with van der Waals surface area (Å²) in [6.07, 6.45) is 0.280. The standard InChI is InChI=1S/C15H32O4Si/c1-9-20(10-2,18-12(3)4)19-14(6,7)15(8)16-11-13(5)17-15/h12-13H,9-11H2,1-8H3. The van der Waals surface area contributed by atoms with Crippen LogP contribution in [0, 0.1) is 0 Å². The second-order valence-corrected chi connectivity index (χ2v) is 10.3. The molecule has 1 aliphatic heterocycles. The topological polar surface area (TPSA) is 36.9 Å². The highest BCUT2D eigenvalue weighted by Gasteiger charge is 2.53. The minimum absolute atomic E-state index is 0.105. The van der Waals surface area contributed by atoms with E-state index in [4.69, 9.17) is 18.3 Å². The average Bonchev–Trinajstić information content (AvgIpc) is 2.69. The summed E-state index contributed by atoms with van der Waals surface area (Å²) < 4.78 is 24.6. The Morgan fingerprint density at radius 3 is 2.20 bits per heavy atom. The zero-order valence-electron chi connectivity index (χ0n) is 14.4. The molecule has 1 aliphatic rings. The molecule has 120 valence electrons. The van der Waals surface area contributed by atoms with Crippen molar-refractivity contribution in [2.24, 2.45) is 0 Å². The fraction of sp³-hybridized carbons (Fsp3) is 1.00. The Kier molecular flexibility index (Phi) is 5.83. The van der Waals surface area contributed by atoms with Crippen molar-refractivity contribution >= 4 is 8.56 Å². The first-order valence-corrected chi connectivity index (χ1v) is 10.0. The Bertz CT molecular complexity index is 315. The van der Waals surface area contributed by atoms with E-state index in [1.54, 1.807) is 0 Å². The van der Waals surface area contributed by atoms with Crippen molar-refractivity contribution in [1.82, 2.24) is 0 Å². The molecule has 1 heterocycles. The van der Waals surface area contributed by atoms with E-state index in [-0.39, 0.29) is 12.2 Å². The summed E-state index contributed by atoms with van der Waals surface area (Å²) in [6, 6.07) is 1.85. The van der Waals surface area contributed by atoms with Gasteiger partial charge in [-0.2, -0.15) is 0 Å². The minimum Gasteiger partial charge on any atom is -0.392 e. The molecule has 0 bridgehead atoms. The molecule has 0 amide bonds. The smallest absolute Gasteiger partial charge is 0.338 e. The molecule has 5 heteroatoms. The molecule has 1 saturated heterocycles. The van der Waals surface area contributed by atoms with Gasteiger partial charge in [-0.15, -0.1) is 0 Å². The molecule has 4 nitrogen and oxygen atoms in total. The molecule has 20 heavy (non-hydrogen) atoms. The number of hydrogen-bond donors (Lipinski definition) is 0. The quantitative estimate of drug-likeness (QED) is 0.670. The van der Waals surface area contributed by atoms with Gasteiger partial charge in [0.2, 0.25) is 0 Å². The maximum Gasteiger partial charge on any atom is 0.338 e. The third-order valence-electron chi connectivity index (χ3n) is 4.08. The van der Waals surface area contributed by atoms with Gasteiger partial charge in [0.15, 0.2) is 5.79 Å². The lowest BCUT2D eigenvalue weighted by Crippen LogP contribution is -2.58. The van der Waals surface area contributed by atoms with Gasteiger partial charge in [-0.05, 0) is 53.6 Å². The molecule has 0 aromatic carbocycles. The van der Waals surface area contributed by atoms with Gasteiger partial charge in [0, 0.05) is 6.10 Å². The van der Waals surface area contributed by atoms with Gasteiger partial charge in [-0.25, -0.2) is 0 Å². The Balaban J connectivity index is 2.91. The predicted molar refractivity (Wildman–Crippen MR) is 83.0 cm³/mol. The van der Waals surface area contributed by atoms with Crippen molar-refractivity contribution in [1.29, 1.82) is 0 Å². The van der Waals surface area contributed by atoms with E-state index < -0.39 is 19.9 Å². The van der Waals surface area contributed by atoms with Crippen molar-refractivity contribution in [3.8, 4) is 0 Å². The number of ether oxygens (including phenoxy) is 2. The molecule has 0 radical (unpaired) electrons. The highest BCUT2D eigenvalue weighted by atomic mass is 28.4. The van der Waals surface area contributed by atoms with Crippen LogP contribution in [0.25, 0.3) is 0 Å². The van der Waals surface area contributed by atoms with Crippen molar-refractivity contribution in [2.45, 2.75) is 91.1 Å². The highest BCUT2D eigenvalue weighted by molar-refractivity contribution is 6.67. The van der Waals surface area contributed by atoms with Crippen LogP contribution in [0.2, 0.25) is 12.1 Å². The van der Waals surface area contributed by atoms with Crippen LogP contribution in [0.5, 0.6) is 0 Å². The van der Waals surface area contributed by atoms with Gasteiger partial charge in [-0.3, -0.25) is 0 Å². The van der Waals surface area contributed by atoms with E-state index in [1.807, 2.05) is 27.7 Å². The first-order valence-electron chi connectivity index (χ1n) is 7.79. The molecule has 1 fully saturated rings. The fourth-order valence-corrected chi connectivity index (χ4v) is 5.76. The number of rotatable bonds is 7. The van der Waals surface area contributed by atoms with E-state index in [2.05, 4.69) is 27.7 Å². The summed E-state index contributed by atoms with van der Waals surface area (Å²) in [4.78, 5) is 0. The summed E-state index contributed by atoms with van der Waals surface area (Å²) in [6.45, 7) is 17.1. The Morgan fingerprint density at radius 1 is 1.30 bits per heavy atom. The lowest BCUT2D eigenvalue weighted by atomic mass is 10.00. The van der Waals surface area contributed by atoms with Crippen molar-refractivity contribution in [2.75, 3.05) is 6.61 Å². The molecule has 0 spiro atoms. The van der Waals surface area contributed by atoms with Crippen LogP contribution in [0.4, 0.5) is 0 Å². The molecule has 0 saturated carbocycles. The Morgan fingerprint density at radius 2 is 1.85 bits per heavy atom. The number of hydrogen-bond acceptors (Lipinski definition) is 4. The third kappa shape index (κ3) is 3.83. The molecular formula is C15H32O4Si. The zero-order chi connectivity index (χ0) is 15.6. The zero-order valence-corrected chi connectivity index (χ0v) is 15.4. The van der Waals surface area contributed by atoms with Crippen LogP contribution in [-0.4, -0.2) is 38.8 Å². The van der Waals surface area contributed by atoms with E-state index in [9.17, 15) is 0 Å². The van der Waals surface area contributed by atoms with E-state index in [1.165, 1.54) is 0 Å². The molecule has 0 aromatic heterocycles. The van der Waals surface area contributed by atoms with Crippen molar-refractivity contribution in [3.05, 3.63) is 0 Å². The maximum atomic E-state index is 6.54. The Labute approximate surface area is 125 Å². The first kappa shape index (κ1) is 18.1. The van der Waals surface area contributed by atoms with Crippen molar-refractivity contribution < 1.29 is 18.3 Å². The second kappa shape index (κ2) is 6.44. The third-order valence-corrected chi connectivity index (χ3v) is 8.02. The summed E-state index contributed by atoms with van der Waals surface area (Å²) >= 11 is 0. The van der Waals surface area contributed by atoms with E-state index in [0.717, 1.165) is 12.1 Å².